The maximum atomic E-state index is 10.9. The summed E-state index contributed by atoms with van der Waals surface area (Å²) in [4.78, 5) is 0. The molecule has 0 rings (SSSR count). The van der Waals surface area contributed by atoms with E-state index in [0.29, 0.717) is 0 Å². The third kappa shape index (κ3) is 9.40. The van der Waals surface area contributed by atoms with Crippen molar-refractivity contribution < 1.29 is 13.2 Å². The Labute approximate surface area is 51.7 Å². The Morgan fingerprint density at radius 2 is 1.75 bits per heavy atom. The molecule has 0 saturated heterocycles. The van der Waals surface area contributed by atoms with Crippen LogP contribution in [0.2, 0.25) is 0 Å². The average molecular weight is 150 g/mol. The first kappa shape index (κ1) is 10.9. The molecule has 0 fully saturated rings. The third-order valence-electron chi connectivity index (χ3n) is 0.377. The van der Waals surface area contributed by atoms with Crippen LogP contribution in [0.15, 0.2) is 0 Å². The lowest BCUT2D eigenvalue weighted by Crippen LogP contribution is -2.30. The number of rotatable bonds is 1. The summed E-state index contributed by atoms with van der Waals surface area (Å²) in [5, 5.41) is 1.28. The fourth-order valence-corrected chi connectivity index (χ4v) is 0.200. The van der Waals surface area contributed by atoms with Gasteiger partial charge in [-0.3, -0.25) is 0 Å². The Bertz CT molecular complexity index is 53.0. The lowest BCUT2D eigenvalue weighted by molar-refractivity contribution is -0.155. The van der Waals surface area contributed by atoms with E-state index >= 15 is 0 Å². The standard InChI is InChI=1S/C3H6F3N.ClH/c1-2-7-3(4,5)6;/h7H,2H2,1H3;1H. The van der Waals surface area contributed by atoms with Crippen molar-refractivity contribution in [1.82, 2.24) is 5.32 Å². The predicted octanol–water partition coefficient (Wildman–Crippen LogP) is 1.54. The van der Waals surface area contributed by atoms with Crippen molar-refractivity contribution in [3.05, 3.63) is 0 Å². The molecular weight excluding hydrogens is 142 g/mol. The summed E-state index contributed by atoms with van der Waals surface area (Å²) in [6, 6.07) is 0. The van der Waals surface area contributed by atoms with Crippen LogP contribution in [-0.4, -0.2) is 12.8 Å². The third-order valence-corrected chi connectivity index (χ3v) is 0.377. The van der Waals surface area contributed by atoms with E-state index < -0.39 is 6.30 Å². The van der Waals surface area contributed by atoms with Gasteiger partial charge in [0.15, 0.2) is 0 Å². The van der Waals surface area contributed by atoms with E-state index in [1.54, 1.807) is 0 Å². The van der Waals surface area contributed by atoms with Gasteiger partial charge in [-0.2, -0.15) is 13.2 Å². The molecule has 0 atom stereocenters. The highest BCUT2D eigenvalue weighted by atomic mass is 35.5. The Kier molecular flexibility index (Phi) is 5.42. The molecule has 1 nitrogen and oxygen atoms in total. The number of alkyl halides is 3. The molecular formula is C3H7ClF3N. The van der Waals surface area contributed by atoms with Crippen LogP contribution in [0.25, 0.3) is 0 Å². The molecule has 52 valence electrons. The Morgan fingerprint density at radius 3 is 1.75 bits per heavy atom. The summed E-state index contributed by atoms with van der Waals surface area (Å²) < 4.78 is 32.8. The fourth-order valence-electron chi connectivity index (χ4n) is 0.200. The van der Waals surface area contributed by atoms with Gasteiger partial charge in [-0.1, -0.05) is 6.92 Å². The zero-order valence-corrected chi connectivity index (χ0v) is 5.07. The SMILES string of the molecule is CCNC(F)(F)F.Cl. The molecule has 0 spiro atoms. The van der Waals surface area contributed by atoms with Crippen LogP contribution >= 0.6 is 12.4 Å². The zero-order chi connectivity index (χ0) is 5.91. The van der Waals surface area contributed by atoms with Crippen LogP contribution in [0.1, 0.15) is 6.92 Å². The molecule has 0 radical (unpaired) electrons. The summed E-state index contributed by atoms with van der Waals surface area (Å²) in [5.41, 5.74) is 0. The smallest absolute Gasteiger partial charge is 0.228 e. The molecule has 0 saturated carbocycles. The van der Waals surface area contributed by atoms with E-state index in [-0.39, 0.29) is 19.0 Å². The monoisotopic (exact) mass is 149 g/mol. The van der Waals surface area contributed by atoms with E-state index in [0.717, 1.165) is 0 Å². The Balaban J connectivity index is 0. The van der Waals surface area contributed by atoms with Crippen LogP contribution in [0.4, 0.5) is 13.2 Å². The summed E-state index contributed by atoms with van der Waals surface area (Å²) in [6.07, 6.45) is -4.20. The molecule has 0 bridgehead atoms. The van der Waals surface area contributed by atoms with Crippen molar-refractivity contribution in [3.63, 3.8) is 0 Å². The fraction of sp³-hybridized carbons (Fsp3) is 1.00. The number of hydrogen-bond acceptors (Lipinski definition) is 1. The van der Waals surface area contributed by atoms with Gasteiger partial charge in [0.25, 0.3) is 0 Å². The second-order valence-corrected chi connectivity index (χ2v) is 1.03. The van der Waals surface area contributed by atoms with Gasteiger partial charge < -0.3 is 0 Å². The number of nitrogens with one attached hydrogen (secondary N) is 1. The lowest BCUT2D eigenvalue weighted by Gasteiger charge is -2.02. The Hall–Kier alpha value is 0.0400. The van der Waals surface area contributed by atoms with Gasteiger partial charge in [0.2, 0.25) is 0 Å². The van der Waals surface area contributed by atoms with Crippen molar-refractivity contribution >= 4 is 12.4 Å². The van der Waals surface area contributed by atoms with Gasteiger partial charge in [0.1, 0.15) is 0 Å². The van der Waals surface area contributed by atoms with Crippen molar-refractivity contribution in [2.24, 2.45) is 0 Å². The van der Waals surface area contributed by atoms with Crippen LogP contribution in [0.5, 0.6) is 0 Å². The molecule has 0 amide bonds. The highest BCUT2D eigenvalue weighted by Gasteiger charge is 2.24. The molecule has 5 heteroatoms. The van der Waals surface area contributed by atoms with Crippen LogP contribution < -0.4 is 5.32 Å². The molecule has 0 unspecified atom stereocenters. The predicted molar refractivity (Wildman–Crippen MR) is 27.0 cm³/mol. The number of halogens is 4. The second kappa shape index (κ2) is 3.97. The van der Waals surface area contributed by atoms with Crippen molar-refractivity contribution in [3.8, 4) is 0 Å². The van der Waals surface area contributed by atoms with Gasteiger partial charge in [-0.25, -0.2) is 5.32 Å². The van der Waals surface area contributed by atoms with Crippen molar-refractivity contribution in [2.75, 3.05) is 6.54 Å². The Morgan fingerprint density at radius 1 is 1.38 bits per heavy atom. The first-order chi connectivity index (χ1) is 3.06. The van der Waals surface area contributed by atoms with Crippen LogP contribution in [0, 0.1) is 0 Å². The summed E-state index contributed by atoms with van der Waals surface area (Å²) >= 11 is 0. The van der Waals surface area contributed by atoms with E-state index in [2.05, 4.69) is 0 Å². The normalized spacial score (nSPS) is 10.5. The molecule has 1 N–H and O–H groups in total. The van der Waals surface area contributed by atoms with E-state index in [1.165, 1.54) is 12.2 Å². The molecule has 0 aromatic carbocycles. The topological polar surface area (TPSA) is 12.0 Å². The highest BCUT2D eigenvalue weighted by molar-refractivity contribution is 5.85. The van der Waals surface area contributed by atoms with E-state index in [1.807, 2.05) is 0 Å². The molecule has 0 aromatic rings. The van der Waals surface area contributed by atoms with E-state index in [9.17, 15) is 13.2 Å². The van der Waals surface area contributed by atoms with E-state index in [4.69, 9.17) is 0 Å². The number of hydrogen-bond donors (Lipinski definition) is 1. The quantitative estimate of drug-likeness (QED) is 0.558. The van der Waals surface area contributed by atoms with Crippen LogP contribution in [0.3, 0.4) is 0 Å². The minimum atomic E-state index is -4.20. The minimum Gasteiger partial charge on any atom is -0.228 e. The summed E-state index contributed by atoms with van der Waals surface area (Å²) in [5.74, 6) is 0. The first-order valence-corrected chi connectivity index (χ1v) is 1.88. The largest absolute Gasteiger partial charge is 0.457 e. The maximum Gasteiger partial charge on any atom is 0.457 e. The first-order valence-electron chi connectivity index (χ1n) is 1.88. The van der Waals surface area contributed by atoms with Crippen molar-refractivity contribution in [2.45, 2.75) is 13.2 Å². The molecule has 0 aliphatic rings. The van der Waals surface area contributed by atoms with Crippen LogP contribution in [-0.2, 0) is 0 Å². The molecule has 0 aromatic heterocycles. The second-order valence-electron chi connectivity index (χ2n) is 1.03. The molecule has 8 heavy (non-hydrogen) atoms. The van der Waals surface area contributed by atoms with Gasteiger partial charge in [0, 0.05) is 6.54 Å². The van der Waals surface area contributed by atoms with Gasteiger partial charge >= 0.3 is 6.30 Å². The lowest BCUT2D eigenvalue weighted by atomic mass is 10.8. The maximum absolute atomic E-state index is 10.9. The van der Waals surface area contributed by atoms with Gasteiger partial charge in [-0.15, -0.1) is 12.4 Å². The molecule has 0 aliphatic heterocycles. The van der Waals surface area contributed by atoms with Crippen molar-refractivity contribution in [1.29, 1.82) is 0 Å². The molecule has 0 aliphatic carbocycles. The minimum absolute atomic E-state index is 0. The van der Waals surface area contributed by atoms with Gasteiger partial charge in [0.05, 0.1) is 0 Å². The van der Waals surface area contributed by atoms with Gasteiger partial charge in [-0.05, 0) is 0 Å². The zero-order valence-electron chi connectivity index (χ0n) is 4.25. The molecule has 0 heterocycles. The highest BCUT2D eigenvalue weighted by Crippen LogP contribution is 2.07. The summed E-state index contributed by atoms with van der Waals surface area (Å²) in [6.45, 7) is 1.33. The average Bonchev–Trinajstić information content (AvgIpc) is 1.30. The summed E-state index contributed by atoms with van der Waals surface area (Å²) in [7, 11) is 0.